The Labute approximate surface area is 127 Å². The van der Waals surface area contributed by atoms with Crippen LogP contribution in [0.2, 0.25) is 0 Å². The summed E-state index contributed by atoms with van der Waals surface area (Å²) >= 11 is 0. The van der Waals surface area contributed by atoms with Gasteiger partial charge in [-0.25, -0.2) is 13.1 Å². The van der Waals surface area contributed by atoms with Gasteiger partial charge in [0, 0.05) is 25.3 Å². The maximum Gasteiger partial charge on any atom is 0.240 e. The van der Waals surface area contributed by atoms with Crippen LogP contribution < -0.4 is 10.0 Å². The minimum absolute atomic E-state index is 0.423. The van der Waals surface area contributed by atoms with Gasteiger partial charge >= 0.3 is 0 Å². The Morgan fingerprint density at radius 3 is 2.76 bits per heavy atom. The molecule has 5 nitrogen and oxygen atoms in total. The maximum atomic E-state index is 12.5. The van der Waals surface area contributed by atoms with E-state index in [0.29, 0.717) is 11.4 Å². The fourth-order valence-electron chi connectivity index (χ4n) is 2.68. The highest BCUT2D eigenvalue weighted by atomic mass is 32.2. The fourth-order valence-corrected chi connectivity index (χ4v) is 3.99. The number of sulfonamides is 1. The van der Waals surface area contributed by atoms with E-state index < -0.39 is 10.0 Å². The van der Waals surface area contributed by atoms with E-state index in [1.54, 1.807) is 12.1 Å². The Kier molecular flexibility index (Phi) is 5.61. The number of likely N-dealkylation sites (N-methyl/N-ethyl adjacent to an activating group) is 1. The first-order valence-corrected chi connectivity index (χ1v) is 9.14. The molecule has 0 aliphatic carbocycles. The summed E-state index contributed by atoms with van der Waals surface area (Å²) in [4.78, 5) is 2.62. The van der Waals surface area contributed by atoms with E-state index in [-0.39, 0.29) is 0 Å². The Balaban J connectivity index is 2.09. The van der Waals surface area contributed by atoms with E-state index in [4.69, 9.17) is 0 Å². The van der Waals surface area contributed by atoms with Gasteiger partial charge in [0.1, 0.15) is 0 Å². The number of hydrogen-bond donors (Lipinski definition) is 2. The first kappa shape index (κ1) is 16.3. The third-order valence-corrected chi connectivity index (χ3v) is 5.50. The lowest BCUT2D eigenvalue weighted by Gasteiger charge is -2.22. The van der Waals surface area contributed by atoms with Crippen LogP contribution in [0.1, 0.15) is 25.8 Å². The minimum Gasteiger partial charge on any atom is -0.385 e. The van der Waals surface area contributed by atoms with Crippen LogP contribution >= 0.6 is 0 Å². The van der Waals surface area contributed by atoms with Gasteiger partial charge in [0.15, 0.2) is 0 Å². The average Bonchev–Trinajstić information content (AvgIpc) is 2.51. The van der Waals surface area contributed by atoms with Crippen molar-refractivity contribution in [2.75, 3.05) is 38.0 Å². The lowest BCUT2D eigenvalue weighted by Crippen LogP contribution is -2.35. The van der Waals surface area contributed by atoms with Crippen LogP contribution in [0, 0.1) is 0 Å². The standard InChI is InChI=1S/C15H25N3O2S/c1-3-18(4-2)12-11-17-21(19,20)15-9-5-8-14-13(15)7-6-10-16-14/h5,8-9,16-17H,3-4,6-7,10-12H2,1-2H3. The summed E-state index contributed by atoms with van der Waals surface area (Å²) in [6.07, 6.45) is 1.79. The molecule has 6 heteroatoms. The lowest BCUT2D eigenvalue weighted by molar-refractivity contribution is 0.309. The third-order valence-electron chi connectivity index (χ3n) is 3.96. The van der Waals surface area contributed by atoms with Gasteiger partial charge in [0.25, 0.3) is 0 Å². The molecule has 0 saturated carbocycles. The Bertz CT molecular complexity index is 568. The number of nitrogens with one attached hydrogen (secondary N) is 2. The second-order valence-corrected chi connectivity index (χ2v) is 6.97. The zero-order chi connectivity index (χ0) is 15.3. The molecule has 1 aliphatic rings. The highest BCUT2D eigenvalue weighted by Crippen LogP contribution is 2.28. The van der Waals surface area contributed by atoms with Crippen molar-refractivity contribution in [2.45, 2.75) is 31.6 Å². The predicted molar refractivity (Wildman–Crippen MR) is 86.2 cm³/mol. The largest absolute Gasteiger partial charge is 0.385 e. The van der Waals surface area contributed by atoms with E-state index in [1.165, 1.54) is 0 Å². The number of fused-ring (bicyclic) bond motifs is 1. The number of benzene rings is 1. The second kappa shape index (κ2) is 7.24. The first-order chi connectivity index (χ1) is 10.1. The summed E-state index contributed by atoms with van der Waals surface area (Å²) in [5, 5.41) is 3.27. The van der Waals surface area contributed by atoms with Gasteiger partial charge in [-0.3, -0.25) is 0 Å². The van der Waals surface area contributed by atoms with Crippen LogP contribution in [0.15, 0.2) is 23.1 Å². The van der Waals surface area contributed by atoms with Crippen LogP contribution in [0.25, 0.3) is 0 Å². The van der Waals surface area contributed by atoms with Gasteiger partial charge in [0.2, 0.25) is 10.0 Å². The molecule has 21 heavy (non-hydrogen) atoms. The van der Waals surface area contributed by atoms with Crippen molar-refractivity contribution in [1.29, 1.82) is 0 Å². The number of rotatable bonds is 7. The first-order valence-electron chi connectivity index (χ1n) is 7.66. The van der Waals surface area contributed by atoms with E-state index >= 15 is 0 Å². The summed E-state index contributed by atoms with van der Waals surface area (Å²) in [5.74, 6) is 0. The van der Waals surface area contributed by atoms with Gasteiger partial charge in [0.05, 0.1) is 4.90 Å². The van der Waals surface area contributed by atoms with Gasteiger partial charge in [-0.2, -0.15) is 0 Å². The Morgan fingerprint density at radius 2 is 2.05 bits per heavy atom. The fraction of sp³-hybridized carbons (Fsp3) is 0.600. The SMILES string of the molecule is CCN(CC)CCNS(=O)(=O)c1cccc2c1CCCN2. The van der Waals surface area contributed by atoms with Crippen LogP contribution in [0.5, 0.6) is 0 Å². The molecule has 2 N–H and O–H groups in total. The average molecular weight is 311 g/mol. The highest BCUT2D eigenvalue weighted by molar-refractivity contribution is 7.89. The number of nitrogens with zero attached hydrogens (tertiary/aromatic N) is 1. The molecule has 1 heterocycles. The molecule has 1 aromatic rings. The second-order valence-electron chi connectivity index (χ2n) is 5.24. The molecule has 0 spiro atoms. The number of hydrogen-bond acceptors (Lipinski definition) is 4. The summed E-state index contributed by atoms with van der Waals surface area (Å²) in [7, 11) is -3.43. The van der Waals surface area contributed by atoms with E-state index in [1.807, 2.05) is 6.07 Å². The van der Waals surface area contributed by atoms with E-state index in [9.17, 15) is 8.42 Å². The van der Waals surface area contributed by atoms with Gasteiger partial charge in [-0.15, -0.1) is 0 Å². The highest BCUT2D eigenvalue weighted by Gasteiger charge is 2.21. The zero-order valence-electron chi connectivity index (χ0n) is 12.9. The normalized spacial score (nSPS) is 14.8. The molecule has 0 fully saturated rings. The van der Waals surface area contributed by atoms with Crippen LogP contribution in [-0.4, -0.2) is 46.0 Å². The molecule has 1 aliphatic heterocycles. The molecular formula is C15H25N3O2S. The Morgan fingerprint density at radius 1 is 1.29 bits per heavy atom. The summed E-state index contributed by atoms with van der Waals surface area (Å²) in [6, 6.07) is 5.45. The predicted octanol–water partition coefficient (Wildman–Crippen LogP) is 1.66. The van der Waals surface area contributed by atoms with Crippen molar-refractivity contribution >= 4 is 15.7 Å². The van der Waals surface area contributed by atoms with Crippen molar-refractivity contribution in [1.82, 2.24) is 9.62 Å². The van der Waals surface area contributed by atoms with Crippen molar-refractivity contribution < 1.29 is 8.42 Å². The molecule has 0 bridgehead atoms. The van der Waals surface area contributed by atoms with E-state index in [0.717, 1.165) is 50.3 Å². The van der Waals surface area contributed by atoms with Crippen molar-refractivity contribution in [3.63, 3.8) is 0 Å². The monoisotopic (exact) mass is 311 g/mol. The van der Waals surface area contributed by atoms with Crippen LogP contribution in [-0.2, 0) is 16.4 Å². The minimum atomic E-state index is -3.43. The van der Waals surface area contributed by atoms with Crippen molar-refractivity contribution in [2.24, 2.45) is 0 Å². The lowest BCUT2D eigenvalue weighted by atomic mass is 10.0. The molecule has 118 valence electrons. The van der Waals surface area contributed by atoms with Gasteiger partial charge in [-0.1, -0.05) is 19.9 Å². The molecule has 1 aromatic carbocycles. The summed E-state index contributed by atoms with van der Waals surface area (Å²) in [6.45, 7) is 8.12. The zero-order valence-corrected chi connectivity index (χ0v) is 13.7. The smallest absolute Gasteiger partial charge is 0.240 e. The van der Waals surface area contributed by atoms with Gasteiger partial charge < -0.3 is 10.2 Å². The summed E-state index contributed by atoms with van der Waals surface area (Å²) in [5.41, 5.74) is 1.87. The molecule has 0 atom stereocenters. The molecular weight excluding hydrogens is 286 g/mol. The maximum absolute atomic E-state index is 12.5. The van der Waals surface area contributed by atoms with Gasteiger partial charge in [-0.05, 0) is 43.6 Å². The molecule has 2 rings (SSSR count). The molecule has 0 unspecified atom stereocenters. The van der Waals surface area contributed by atoms with Crippen molar-refractivity contribution in [3.05, 3.63) is 23.8 Å². The van der Waals surface area contributed by atoms with E-state index in [2.05, 4.69) is 28.8 Å². The quantitative estimate of drug-likeness (QED) is 0.804. The number of anilines is 1. The summed E-state index contributed by atoms with van der Waals surface area (Å²) < 4.78 is 27.7. The molecule has 0 aromatic heterocycles. The third kappa shape index (κ3) is 3.96. The topological polar surface area (TPSA) is 61.4 Å². The molecule has 0 radical (unpaired) electrons. The Hall–Kier alpha value is -1.11. The van der Waals surface area contributed by atoms with Crippen LogP contribution in [0.3, 0.4) is 0 Å². The van der Waals surface area contributed by atoms with Crippen molar-refractivity contribution in [3.8, 4) is 0 Å². The molecule has 0 saturated heterocycles. The molecule has 0 amide bonds. The van der Waals surface area contributed by atoms with Crippen LogP contribution in [0.4, 0.5) is 5.69 Å².